The van der Waals surface area contributed by atoms with Crippen molar-refractivity contribution in [2.24, 2.45) is 16.8 Å². The van der Waals surface area contributed by atoms with Crippen LogP contribution in [0.2, 0.25) is 5.02 Å². The Morgan fingerprint density at radius 1 is 1.53 bits per heavy atom. The molecule has 8 heteroatoms. The molecule has 0 saturated carbocycles. The van der Waals surface area contributed by atoms with Gasteiger partial charge in [0.05, 0.1) is 5.56 Å². The van der Waals surface area contributed by atoms with Crippen LogP contribution in [-0.2, 0) is 6.18 Å². The number of hydrogen-bond donors (Lipinski definition) is 3. The number of oxime groups is 1. The Hall–Kier alpha value is -1.63. The second-order valence-electron chi connectivity index (χ2n) is 3.99. The van der Waals surface area contributed by atoms with E-state index in [4.69, 9.17) is 22.5 Å². The van der Waals surface area contributed by atoms with Gasteiger partial charge in [-0.15, -0.1) is 0 Å². The van der Waals surface area contributed by atoms with Gasteiger partial charge in [-0.2, -0.15) is 13.2 Å². The fourth-order valence-corrected chi connectivity index (χ4v) is 1.54. The van der Waals surface area contributed by atoms with Gasteiger partial charge in [-0.3, -0.25) is 0 Å². The van der Waals surface area contributed by atoms with Crippen LogP contribution in [0, 0.1) is 5.92 Å². The van der Waals surface area contributed by atoms with Crippen molar-refractivity contribution in [3.8, 4) is 0 Å². The summed E-state index contributed by atoms with van der Waals surface area (Å²) < 4.78 is 38.4. The third-order valence-electron chi connectivity index (χ3n) is 2.51. The molecule has 0 radical (unpaired) electrons. The van der Waals surface area contributed by atoms with Crippen LogP contribution in [0.4, 0.5) is 18.9 Å². The van der Waals surface area contributed by atoms with Crippen LogP contribution in [-0.4, -0.2) is 17.6 Å². The van der Waals surface area contributed by atoms with Gasteiger partial charge in [0.15, 0.2) is 0 Å². The van der Waals surface area contributed by atoms with E-state index >= 15 is 0 Å². The van der Waals surface area contributed by atoms with Crippen LogP contribution in [0.15, 0.2) is 23.4 Å². The van der Waals surface area contributed by atoms with E-state index in [1.54, 1.807) is 6.92 Å². The maximum Gasteiger partial charge on any atom is 0.418 e. The summed E-state index contributed by atoms with van der Waals surface area (Å²) in [6, 6.07) is 3.44. The van der Waals surface area contributed by atoms with Crippen molar-refractivity contribution >= 4 is 23.1 Å². The molecule has 19 heavy (non-hydrogen) atoms. The highest BCUT2D eigenvalue weighted by Gasteiger charge is 2.33. The van der Waals surface area contributed by atoms with Gasteiger partial charge in [-0.05, 0) is 18.2 Å². The zero-order valence-electron chi connectivity index (χ0n) is 10.0. The molecule has 1 aromatic rings. The largest absolute Gasteiger partial charge is 0.418 e. The number of rotatable bonds is 4. The Labute approximate surface area is 113 Å². The lowest BCUT2D eigenvalue weighted by molar-refractivity contribution is -0.136. The summed E-state index contributed by atoms with van der Waals surface area (Å²) >= 11 is 5.56. The van der Waals surface area contributed by atoms with Gasteiger partial charge in [-0.1, -0.05) is 23.7 Å². The van der Waals surface area contributed by atoms with Crippen molar-refractivity contribution < 1.29 is 18.4 Å². The predicted octanol–water partition coefficient (Wildman–Crippen LogP) is 3.15. The van der Waals surface area contributed by atoms with Gasteiger partial charge in [0.2, 0.25) is 0 Å². The monoisotopic (exact) mass is 295 g/mol. The Morgan fingerprint density at radius 3 is 2.68 bits per heavy atom. The lowest BCUT2D eigenvalue weighted by Gasteiger charge is -2.17. The van der Waals surface area contributed by atoms with E-state index in [-0.39, 0.29) is 23.1 Å². The number of hydrogen-bond acceptors (Lipinski definition) is 3. The molecule has 1 unspecified atom stereocenters. The van der Waals surface area contributed by atoms with Crippen molar-refractivity contribution in [2.75, 3.05) is 11.9 Å². The maximum absolute atomic E-state index is 12.8. The zero-order chi connectivity index (χ0) is 14.6. The minimum absolute atomic E-state index is 0.00218. The summed E-state index contributed by atoms with van der Waals surface area (Å²) in [6.45, 7) is 1.71. The fraction of sp³-hybridized carbons (Fsp3) is 0.364. The normalized spacial score (nSPS) is 14.3. The van der Waals surface area contributed by atoms with Gasteiger partial charge in [0.25, 0.3) is 0 Å². The first kappa shape index (κ1) is 15.4. The molecule has 0 aliphatic heterocycles. The average molecular weight is 296 g/mol. The number of nitrogens with zero attached hydrogens (tertiary/aromatic N) is 1. The zero-order valence-corrected chi connectivity index (χ0v) is 10.8. The first-order chi connectivity index (χ1) is 8.75. The fourth-order valence-electron chi connectivity index (χ4n) is 1.37. The second kappa shape index (κ2) is 6.01. The Kier molecular flexibility index (Phi) is 4.88. The molecule has 0 aliphatic carbocycles. The van der Waals surface area contributed by atoms with Gasteiger partial charge >= 0.3 is 6.18 Å². The summed E-state index contributed by atoms with van der Waals surface area (Å²) in [5.41, 5.74) is 4.39. The molecule has 0 heterocycles. The smallest absolute Gasteiger partial charge is 0.409 e. The Morgan fingerprint density at radius 2 is 2.16 bits per heavy atom. The molecule has 106 valence electrons. The van der Waals surface area contributed by atoms with Crippen LogP contribution in [0.5, 0.6) is 0 Å². The summed E-state index contributed by atoms with van der Waals surface area (Å²) in [5.74, 6) is -0.475. The highest BCUT2D eigenvalue weighted by atomic mass is 35.5. The summed E-state index contributed by atoms with van der Waals surface area (Å²) in [4.78, 5) is 0. The van der Waals surface area contributed by atoms with Crippen molar-refractivity contribution in [1.29, 1.82) is 0 Å². The van der Waals surface area contributed by atoms with Gasteiger partial charge in [0, 0.05) is 23.2 Å². The molecule has 0 amide bonds. The molecule has 1 atom stereocenters. The number of nitrogens with two attached hydrogens (primary N) is 1. The number of alkyl halides is 3. The molecule has 1 rings (SSSR count). The number of benzene rings is 1. The number of nitrogens with one attached hydrogen (secondary N) is 1. The van der Waals surface area contributed by atoms with Crippen molar-refractivity contribution in [3.63, 3.8) is 0 Å². The van der Waals surface area contributed by atoms with Gasteiger partial charge in [-0.25, -0.2) is 0 Å². The molecule has 4 nitrogen and oxygen atoms in total. The van der Waals surface area contributed by atoms with Crippen LogP contribution in [0.25, 0.3) is 0 Å². The molecule has 0 spiro atoms. The highest BCUT2D eigenvalue weighted by molar-refractivity contribution is 6.30. The first-order valence-corrected chi connectivity index (χ1v) is 5.71. The number of anilines is 1. The highest BCUT2D eigenvalue weighted by Crippen LogP contribution is 2.36. The topological polar surface area (TPSA) is 70.6 Å². The minimum atomic E-state index is -4.51. The van der Waals surface area contributed by atoms with E-state index in [0.29, 0.717) is 0 Å². The number of amidine groups is 1. The number of halogens is 4. The standard InChI is InChI=1S/C11H13ClF3N3O/c1-6(10(16)18-19)5-17-9-3-2-7(12)4-8(9)11(13,14)15/h2-4,6,17,19H,5H2,1H3,(H2,16,18). The quantitative estimate of drug-likeness (QED) is 0.346. The third-order valence-corrected chi connectivity index (χ3v) is 2.74. The molecule has 4 N–H and O–H groups in total. The summed E-state index contributed by atoms with van der Waals surface area (Å²) in [5, 5.41) is 13.9. The molecule has 0 bridgehead atoms. The minimum Gasteiger partial charge on any atom is -0.409 e. The lowest BCUT2D eigenvalue weighted by Crippen LogP contribution is -2.27. The maximum atomic E-state index is 12.8. The molecular weight excluding hydrogens is 283 g/mol. The van der Waals surface area contributed by atoms with Crippen molar-refractivity contribution in [3.05, 3.63) is 28.8 Å². The van der Waals surface area contributed by atoms with Gasteiger partial charge in [0.1, 0.15) is 5.84 Å². The van der Waals surface area contributed by atoms with Crippen LogP contribution in [0.3, 0.4) is 0 Å². The molecule has 1 aromatic carbocycles. The second-order valence-corrected chi connectivity index (χ2v) is 4.43. The van der Waals surface area contributed by atoms with E-state index in [2.05, 4.69) is 10.5 Å². The van der Waals surface area contributed by atoms with Crippen LogP contribution >= 0.6 is 11.6 Å². The van der Waals surface area contributed by atoms with Crippen LogP contribution < -0.4 is 11.1 Å². The molecular formula is C11H13ClF3N3O. The van der Waals surface area contributed by atoms with E-state index in [1.807, 2.05) is 0 Å². The average Bonchev–Trinajstić information content (AvgIpc) is 2.34. The SMILES string of the molecule is CC(CNc1ccc(Cl)cc1C(F)(F)F)C(N)=NO. The summed E-state index contributed by atoms with van der Waals surface area (Å²) in [6.07, 6.45) is -4.51. The first-order valence-electron chi connectivity index (χ1n) is 5.33. The molecule has 0 aliphatic rings. The lowest BCUT2D eigenvalue weighted by atomic mass is 10.1. The Balaban J connectivity index is 2.90. The van der Waals surface area contributed by atoms with E-state index < -0.39 is 17.7 Å². The molecule has 0 saturated heterocycles. The predicted molar refractivity (Wildman–Crippen MR) is 67.5 cm³/mol. The van der Waals surface area contributed by atoms with Gasteiger partial charge < -0.3 is 16.3 Å². The van der Waals surface area contributed by atoms with Crippen LogP contribution in [0.1, 0.15) is 12.5 Å². The van der Waals surface area contributed by atoms with E-state index in [9.17, 15) is 13.2 Å². The Bertz CT molecular complexity index is 477. The third kappa shape index (κ3) is 4.20. The van der Waals surface area contributed by atoms with E-state index in [0.717, 1.165) is 6.07 Å². The van der Waals surface area contributed by atoms with Crippen molar-refractivity contribution in [2.45, 2.75) is 13.1 Å². The molecule has 0 aromatic heterocycles. The van der Waals surface area contributed by atoms with Crippen molar-refractivity contribution in [1.82, 2.24) is 0 Å². The molecule has 0 fully saturated rings. The summed E-state index contributed by atoms with van der Waals surface area (Å²) in [7, 11) is 0. The van der Waals surface area contributed by atoms with E-state index in [1.165, 1.54) is 12.1 Å².